The van der Waals surface area contributed by atoms with Gasteiger partial charge in [-0.05, 0) is 25.7 Å². The van der Waals surface area contributed by atoms with Crippen LogP contribution in [0.1, 0.15) is 181 Å². The number of pyridine rings is 2. The van der Waals surface area contributed by atoms with Crippen LogP contribution in [0.2, 0.25) is 0 Å². The molecule has 0 aromatic carbocycles. The van der Waals surface area contributed by atoms with Crippen molar-refractivity contribution in [1.82, 2.24) is 0 Å². The van der Waals surface area contributed by atoms with E-state index in [1.165, 1.54) is 154 Å². The van der Waals surface area contributed by atoms with E-state index in [1.807, 2.05) is 0 Å². The molecule has 0 amide bonds. The number of rotatable bonds is 33. The van der Waals surface area contributed by atoms with E-state index in [4.69, 9.17) is 9.47 Å². The van der Waals surface area contributed by atoms with E-state index in [-0.39, 0.29) is 0 Å². The van der Waals surface area contributed by atoms with Gasteiger partial charge in [-0.1, -0.05) is 142 Å². The van der Waals surface area contributed by atoms with E-state index in [0.29, 0.717) is 0 Å². The molecule has 0 aliphatic carbocycles. The zero-order chi connectivity index (χ0) is 32.6. The normalized spacial score (nSPS) is 11.3. The number of hydrogen-bond acceptors (Lipinski definition) is 2. The first-order valence-corrected chi connectivity index (χ1v) is 20.1. The summed E-state index contributed by atoms with van der Waals surface area (Å²) in [7, 11) is 0. The van der Waals surface area contributed by atoms with Crippen molar-refractivity contribution in [2.24, 2.45) is 0 Å². The number of aromatic nitrogens is 2. The average molecular weight is 639 g/mol. The highest BCUT2D eigenvalue weighted by molar-refractivity contribution is 5.15. The maximum Gasteiger partial charge on any atom is 0.172 e. The number of hydrogen-bond donors (Lipinski definition) is 0. The Bertz CT molecular complexity index is 823. The van der Waals surface area contributed by atoms with Gasteiger partial charge in [-0.2, -0.15) is 0 Å². The Morgan fingerprint density at radius 3 is 0.913 bits per heavy atom. The zero-order valence-electron chi connectivity index (χ0n) is 30.5. The summed E-state index contributed by atoms with van der Waals surface area (Å²) in [6.07, 6.45) is 43.8. The first-order chi connectivity index (χ1) is 22.8. The lowest BCUT2D eigenvalue weighted by atomic mass is 10.1. The molecule has 4 nitrogen and oxygen atoms in total. The second-order valence-corrected chi connectivity index (χ2v) is 13.7. The summed E-state index contributed by atoms with van der Waals surface area (Å²) < 4.78 is 16.6. The highest BCUT2D eigenvalue weighted by Gasteiger charge is 2.04. The van der Waals surface area contributed by atoms with Gasteiger partial charge in [0.25, 0.3) is 0 Å². The van der Waals surface area contributed by atoms with E-state index >= 15 is 0 Å². The van der Waals surface area contributed by atoms with E-state index in [9.17, 15) is 0 Å². The number of unbranched alkanes of at least 4 members (excludes halogenated alkanes) is 23. The fourth-order valence-corrected chi connectivity index (χ4v) is 6.23. The van der Waals surface area contributed by atoms with E-state index in [0.717, 1.165) is 50.6 Å². The lowest BCUT2D eigenvalue weighted by Gasteiger charge is -2.07. The predicted molar refractivity (Wildman–Crippen MR) is 196 cm³/mol. The molecule has 0 radical (unpaired) electrons. The summed E-state index contributed by atoms with van der Waals surface area (Å²) >= 11 is 0. The van der Waals surface area contributed by atoms with Crippen molar-refractivity contribution < 1.29 is 18.6 Å². The third kappa shape index (κ3) is 23.3. The molecule has 2 aromatic rings. The van der Waals surface area contributed by atoms with E-state index in [2.05, 4.69) is 72.0 Å². The lowest BCUT2D eigenvalue weighted by Crippen LogP contribution is -2.32. The van der Waals surface area contributed by atoms with Crippen molar-refractivity contribution in [2.45, 2.75) is 194 Å². The van der Waals surface area contributed by atoms with Crippen LogP contribution in [0, 0.1) is 0 Å². The predicted octanol–water partition coefficient (Wildman–Crippen LogP) is 11.9. The molecule has 4 heteroatoms. The van der Waals surface area contributed by atoms with Crippen molar-refractivity contribution in [2.75, 3.05) is 13.2 Å². The Morgan fingerprint density at radius 1 is 0.348 bits per heavy atom. The van der Waals surface area contributed by atoms with Crippen molar-refractivity contribution in [3.63, 3.8) is 0 Å². The Kier molecular flexibility index (Phi) is 26.4. The van der Waals surface area contributed by atoms with Crippen LogP contribution in [0.25, 0.3) is 0 Å². The fraction of sp³-hybridized carbons (Fsp3) is 0.762. The van der Waals surface area contributed by atoms with Gasteiger partial charge in [0.15, 0.2) is 24.8 Å². The third-order valence-corrected chi connectivity index (χ3v) is 9.34. The number of aryl methyl sites for hydroxylation is 2. The zero-order valence-corrected chi connectivity index (χ0v) is 30.5. The monoisotopic (exact) mass is 639 g/mol. The van der Waals surface area contributed by atoms with Crippen LogP contribution in [-0.4, -0.2) is 13.2 Å². The minimum atomic E-state index is 0.818. The Morgan fingerprint density at radius 2 is 0.609 bits per heavy atom. The fourth-order valence-electron chi connectivity index (χ4n) is 6.23. The van der Waals surface area contributed by atoms with E-state index < -0.39 is 0 Å². The smallest absolute Gasteiger partial charge is 0.172 e. The Balaban J connectivity index is 1.34. The highest BCUT2D eigenvalue weighted by Crippen LogP contribution is 2.14. The molecular formula is C42H74N2O2+2. The molecule has 0 atom stereocenters. The number of ether oxygens (including phenoxy) is 2. The molecule has 0 spiro atoms. The van der Waals surface area contributed by atoms with Crippen LogP contribution in [0.5, 0.6) is 11.5 Å². The molecule has 0 unspecified atom stereocenters. The van der Waals surface area contributed by atoms with Crippen LogP contribution in [0.15, 0.2) is 49.1 Å². The molecule has 0 saturated heterocycles. The average Bonchev–Trinajstić information content (AvgIpc) is 3.08. The summed E-state index contributed by atoms with van der Waals surface area (Å²) in [5, 5.41) is 0. The molecule has 2 rings (SSSR count). The number of nitrogens with zero attached hydrogens (tertiary/aromatic N) is 2. The SMILES string of the molecule is CCCCCCCCCCCC[n+]1ccc(OCCCCCCCCOc2cc[n+](CCCCCCCCCCCC)cc2)cc1. The topological polar surface area (TPSA) is 26.2 Å². The molecule has 0 aliphatic heterocycles. The molecule has 0 aliphatic rings. The van der Waals surface area contributed by atoms with E-state index in [1.54, 1.807) is 0 Å². The van der Waals surface area contributed by atoms with Crippen LogP contribution in [0.4, 0.5) is 0 Å². The van der Waals surface area contributed by atoms with Crippen LogP contribution < -0.4 is 18.6 Å². The molecule has 2 aromatic heterocycles. The molecule has 0 fully saturated rings. The van der Waals surface area contributed by atoms with Gasteiger partial charge in [0.1, 0.15) is 24.6 Å². The second kappa shape index (κ2) is 30.2. The first kappa shape index (κ1) is 40.1. The van der Waals surface area contributed by atoms with Crippen molar-refractivity contribution in [1.29, 1.82) is 0 Å². The maximum atomic E-state index is 5.99. The van der Waals surface area contributed by atoms with Crippen LogP contribution >= 0.6 is 0 Å². The summed E-state index contributed by atoms with van der Waals surface area (Å²) in [4.78, 5) is 0. The van der Waals surface area contributed by atoms with Gasteiger partial charge in [-0.15, -0.1) is 0 Å². The van der Waals surface area contributed by atoms with Crippen LogP contribution in [-0.2, 0) is 13.1 Å². The summed E-state index contributed by atoms with van der Waals surface area (Å²) in [6.45, 7) is 8.45. The second-order valence-electron chi connectivity index (χ2n) is 13.7. The molecule has 0 N–H and O–H groups in total. The molecule has 2 heterocycles. The van der Waals surface area contributed by atoms with Gasteiger partial charge >= 0.3 is 0 Å². The van der Waals surface area contributed by atoms with Gasteiger partial charge < -0.3 is 9.47 Å². The van der Waals surface area contributed by atoms with Crippen LogP contribution in [0.3, 0.4) is 0 Å². The molecule has 46 heavy (non-hydrogen) atoms. The van der Waals surface area contributed by atoms with Crippen molar-refractivity contribution >= 4 is 0 Å². The standard InChI is InChI=1S/C42H74N2O2/c1-3-5-7-9-11-13-15-17-21-25-33-43-35-29-41(30-36-43)45-39-27-23-19-20-24-28-40-46-42-31-37-44(38-32-42)34-26-22-18-16-14-12-10-8-6-4-2/h29-32,35-38H,3-28,33-34,39-40H2,1-2H3/q+2. The van der Waals surface area contributed by atoms with Crippen molar-refractivity contribution in [3.05, 3.63) is 49.1 Å². The minimum absolute atomic E-state index is 0.818. The van der Waals surface area contributed by atoms with Gasteiger partial charge in [0.05, 0.1) is 13.2 Å². The molecule has 0 bridgehead atoms. The van der Waals surface area contributed by atoms with Gasteiger partial charge in [0, 0.05) is 37.1 Å². The van der Waals surface area contributed by atoms with Gasteiger partial charge in [-0.25, -0.2) is 9.13 Å². The van der Waals surface area contributed by atoms with Crippen molar-refractivity contribution in [3.8, 4) is 11.5 Å². The molecule has 262 valence electrons. The third-order valence-electron chi connectivity index (χ3n) is 9.34. The van der Waals surface area contributed by atoms with Gasteiger partial charge in [-0.3, -0.25) is 0 Å². The van der Waals surface area contributed by atoms with Gasteiger partial charge in [0.2, 0.25) is 0 Å². The summed E-state index contributed by atoms with van der Waals surface area (Å²) in [5.74, 6) is 2.00. The Labute approximate surface area is 285 Å². The first-order valence-electron chi connectivity index (χ1n) is 20.1. The molecule has 0 saturated carbocycles. The summed E-state index contributed by atoms with van der Waals surface area (Å²) in [5.41, 5.74) is 0. The minimum Gasteiger partial charge on any atom is -0.493 e. The molecular weight excluding hydrogens is 564 g/mol. The largest absolute Gasteiger partial charge is 0.493 e. The quantitative estimate of drug-likeness (QED) is 0.0574. The summed E-state index contributed by atoms with van der Waals surface area (Å²) in [6, 6.07) is 8.50. The maximum absolute atomic E-state index is 5.99. The highest BCUT2D eigenvalue weighted by atomic mass is 16.5. The Hall–Kier alpha value is -2.10. The lowest BCUT2D eigenvalue weighted by molar-refractivity contribution is -0.697.